The Balaban J connectivity index is 2.40. The molecule has 0 amide bonds. The number of nitrogen functional groups attached to an aromatic ring is 1. The predicted octanol–water partition coefficient (Wildman–Crippen LogP) is 1.64. The second-order valence-corrected chi connectivity index (χ2v) is 4.41. The normalized spacial score (nSPS) is 10.3. The van der Waals surface area contributed by atoms with Gasteiger partial charge in [0.05, 0.1) is 11.4 Å². The molecule has 15 heavy (non-hydrogen) atoms. The molecule has 0 aromatic carbocycles. The number of thioether (sulfide) groups is 1. The fraction of sp³-hybridized carbons (Fsp3) is 0.500. The first kappa shape index (κ1) is 12.0. The van der Waals surface area contributed by atoms with Crippen molar-refractivity contribution in [2.45, 2.75) is 6.92 Å². The Labute approximate surface area is 94.9 Å². The Morgan fingerprint density at radius 3 is 2.93 bits per heavy atom. The highest BCUT2D eigenvalue weighted by Gasteiger charge is 2.08. The van der Waals surface area contributed by atoms with Gasteiger partial charge in [0.2, 0.25) is 0 Å². The summed E-state index contributed by atoms with van der Waals surface area (Å²) >= 11 is 1.84. The van der Waals surface area contributed by atoms with Gasteiger partial charge in [-0.3, -0.25) is 4.68 Å². The Bertz CT molecular complexity index is 332. The molecule has 0 aliphatic carbocycles. The number of nitrogens with one attached hydrogen (secondary N) is 1. The molecule has 3 N–H and O–H groups in total. The van der Waals surface area contributed by atoms with Crippen LogP contribution in [0.2, 0.25) is 0 Å². The van der Waals surface area contributed by atoms with Gasteiger partial charge in [-0.2, -0.15) is 16.9 Å². The first-order chi connectivity index (χ1) is 7.16. The van der Waals surface area contributed by atoms with Gasteiger partial charge in [-0.1, -0.05) is 6.08 Å². The topological polar surface area (TPSA) is 55.9 Å². The summed E-state index contributed by atoms with van der Waals surface area (Å²) in [5.41, 5.74) is 7.49. The fourth-order valence-electron chi connectivity index (χ4n) is 1.29. The molecule has 0 atom stereocenters. The van der Waals surface area contributed by atoms with Crippen LogP contribution in [0.15, 0.2) is 12.7 Å². The highest BCUT2D eigenvalue weighted by molar-refractivity contribution is 7.99. The summed E-state index contributed by atoms with van der Waals surface area (Å²) < 4.78 is 1.78. The van der Waals surface area contributed by atoms with Gasteiger partial charge in [0.15, 0.2) is 0 Å². The highest BCUT2D eigenvalue weighted by Crippen LogP contribution is 2.20. The van der Waals surface area contributed by atoms with Crippen molar-refractivity contribution >= 4 is 23.3 Å². The predicted molar refractivity (Wildman–Crippen MR) is 68.4 cm³/mol. The monoisotopic (exact) mass is 226 g/mol. The van der Waals surface area contributed by atoms with Crippen LogP contribution in [0.1, 0.15) is 5.69 Å². The maximum absolute atomic E-state index is 5.88. The van der Waals surface area contributed by atoms with Gasteiger partial charge in [0.1, 0.15) is 5.82 Å². The van der Waals surface area contributed by atoms with Crippen LogP contribution < -0.4 is 11.1 Å². The number of nitrogens with two attached hydrogens (primary N) is 1. The second-order valence-electron chi connectivity index (χ2n) is 3.26. The van der Waals surface area contributed by atoms with E-state index in [4.69, 9.17) is 5.73 Å². The van der Waals surface area contributed by atoms with E-state index in [1.807, 2.05) is 31.8 Å². The molecule has 0 spiro atoms. The summed E-state index contributed by atoms with van der Waals surface area (Å²) in [6.07, 6.45) is 1.91. The van der Waals surface area contributed by atoms with Gasteiger partial charge in [0, 0.05) is 25.1 Å². The van der Waals surface area contributed by atoms with E-state index in [1.165, 1.54) is 0 Å². The largest absolute Gasteiger partial charge is 0.394 e. The smallest absolute Gasteiger partial charge is 0.147 e. The minimum Gasteiger partial charge on any atom is -0.394 e. The molecule has 4 nitrogen and oxygen atoms in total. The Morgan fingerprint density at radius 2 is 2.40 bits per heavy atom. The molecule has 1 aromatic rings. The second kappa shape index (κ2) is 5.70. The van der Waals surface area contributed by atoms with E-state index in [2.05, 4.69) is 17.0 Å². The summed E-state index contributed by atoms with van der Waals surface area (Å²) in [7, 11) is 1.89. The molecule has 0 aliphatic rings. The Morgan fingerprint density at radius 1 is 1.67 bits per heavy atom. The number of hydrogen-bond acceptors (Lipinski definition) is 4. The van der Waals surface area contributed by atoms with E-state index >= 15 is 0 Å². The molecule has 0 bridgehead atoms. The van der Waals surface area contributed by atoms with Gasteiger partial charge < -0.3 is 11.1 Å². The zero-order valence-corrected chi connectivity index (χ0v) is 10.1. The molecule has 84 valence electrons. The number of rotatable bonds is 6. The first-order valence-corrected chi connectivity index (χ1v) is 6.04. The lowest BCUT2D eigenvalue weighted by Crippen LogP contribution is -2.09. The number of aryl methyl sites for hydroxylation is 2. The zero-order valence-electron chi connectivity index (χ0n) is 9.29. The van der Waals surface area contributed by atoms with Gasteiger partial charge in [-0.15, -0.1) is 6.58 Å². The average Bonchev–Trinajstić information content (AvgIpc) is 2.44. The zero-order chi connectivity index (χ0) is 11.3. The quantitative estimate of drug-likeness (QED) is 0.572. The van der Waals surface area contributed by atoms with Crippen LogP contribution in [0.3, 0.4) is 0 Å². The van der Waals surface area contributed by atoms with Gasteiger partial charge >= 0.3 is 0 Å². The average molecular weight is 226 g/mol. The van der Waals surface area contributed by atoms with E-state index in [1.54, 1.807) is 4.68 Å². The molecule has 1 heterocycles. The third-order valence-corrected chi connectivity index (χ3v) is 3.01. The summed E-state index contributed by atoms with van der Waals surface area (Å²) in [5.74, 6) is 2.93. The highest BCUT2D eigenvalue weighted by atomic mass is 32.2. The Hall–Kier alpha value is -1.10. The van der Waals surface area contributed by atoms with Gasteiger partial charge in [-0.25, -0.2) is 0 Å². The van der Waals surface area contributed by atoms with E-state index in [0.717, 1.165) is 35.2 Å². The molecular formula is C10H18N4S. The van der Waals surface area contributed by atoms with Crippen LogP contribution in [0, 0.1) is 6.92 Å². The maximum atomic E-state index is 5.88. The summed E-state index contributed by atoms with van der Waals surface area (Å²) in [5, 5.41) is 7.51. The van der Waals surface area contributed by atoms with Crippen molar-refractivity contribution in [3.63, 3.8) is 0 Å². The standard InChI is InChI=1S/C10H18N4S/c1-4-6-15-7-5-12-10-9(11)8(2)13-14(10)3/h4,12H,1,5-7,11H2,2-3H3. The van der Waals surface area contributed by atoms with Crippen molar-refractivity contribution in [2.75, 3.05) is 29.1 Å². The molecule has 0 saturated carbocycles. The number of nitrogens with zero attached hydrogens (tertiary/aromatic N) is 2. The molecule has 1 rings (SSSR count). The molecule has 1 aromatic heterocycles. The number of anilines is 2. The van der Waals surface area contributed by atoms with E-state index < -0.39 is 0 Å². The molecule has 0 fully saturated rings. The van der Waals surface area contributed by atoms with E-state index in [9.17, 15) is 0 Å². The first-order valence-electron chi connectivity index (χ1n) is 4.88. The van der Waals surface area contributed by atoms with Crippen LogP contribution in [0.5, 0.6) is 0 Å². The van der Waals surface area contributed by atoms with Crippen molar-refractivity contribution in [1.29, 1.82) is 0 Å². The molecule has 0 aliphatic heterocycles. The molecular weight excluding hydrogens is 208 g/mol. The minimum atomic E-state index is 0.742. The van der Waals surface area contributed by atoms with Crippen LogP contribution in [0.4, 0.5) is 11.5 Å². The van der Waals surface area contributed by atoms with Crippen LogP contribution in [0.25, 0.3) is 0 Å². The molecule has 0 saturated heterocycles. The van der Waals surface area contributed by atoms with Crippen molar-refractivity contribution in [2.24, 2.45) is 7.05 Å². The lowest BCUT2D eigenvalue weighted by molar-refractivity contribution is 0.760. The van der Waals surface area contributed by atoms with Crippen LogP contribution >= 0.6 is 11.8 Å². The third-order valence-electron chi connectivity index (χ3n) is 2.04. The molecule has 0 radical (unpaired) electrons. The summed E-state index contributed by atoms with van der Waals surface area (Å²) in [4.78, 5) is 0. The maximum Gasteiger partial charge on any atom is 0.147 e. The van der Waals surface area contributed by atoms with Crippen LogP contribution in [-0.2, 0) is 7.05 Å². The fourth-order valence-corrected chi connectivity index (χ4v) is 1.87. The van der Waals surface area contributed by atoms with Crippen LogP contribution in [-0.4, -0.2) is 27.8 Å². The lowest BCUT2D eigenvalue weighted by Gasteiger charge is -2.06. The van der Waals surface area contributed by atoms with E-state index in [-0.39, 0.29) is 0 Å². The van der Waals surface area contributed by atoms with E-state index in [0.29, 0.717) is 0 Å². The van der Waals surface area contributed by atoms with Crippen molar-refractivity contribution in [3.8, 4) is 0 Å². The minimum absolute atomic E-state index is 0.742. The number of aromatic nitrogens is 2. The van der Waals surface area contributed by atoms with Crippen molar-refractivity contribution < 1.29 is 0 Å². The van der Waals surface area contributed by atoms with Gasteiger partial charge in [-0.05, 0) is 6.92 Å². The summed E-state index contributed by atoms with van der Waals surface area (Å²) in [6.45, 7) is 6.47. The molecule has 0 unspecified atom stereocenters. The van der Waals surface area contributed by atoms with Crippen molar-refractivity contribution in [3.05, 3.63) is 18.3 Å². The Kier molecular flexibility index (Phi) is 4.55. The SMILES string of the molecule is C=CCSCCNc1c(N)c(C)nn1C. The lowest BCUT2D eigenvalue weighted by atomic mass is 10.4. The number of hydrogen-bond donors (Lipinski definition) is 2. The third kappa shape index (κ3) is 3.20. The molecule has 5 heteroatoms. The van der Waals surface area contributed by atoms with Gasteiger partial charge in [0.25, 0.3) is 0 Å². The van der Waals surface area contributed by atoms with Crippen molar-refractivity contribution in [1.82, 2.24) is 9.78 Å². The summed E-state index contributed by atoms with van der Waals surface area (Å²) in [6, 6.07) is 0.